The number of thiocarbonyl (C=S) groups is 1. The van der Waals surface area contributed by atoms with E-state index in [1.54, 1.807) is 0 Å². The molecule has 1 atom stereocenters. The summed E-state index contributed by atoms with van der Waals surface area (Å²) in [6, 6.07) is 0.228. The van der Waals surface area contributed by atoms with E-state index in [0.29, 0.717) is 11.6 Å². The fraction of sp³-hybridized carbons (Fsp3) is 0.923. The Labute approximate surface area is 116 Å². The zero-order chi connectivity index (χ0) is 13.4. The van der Waals surface area contributed by atoms with Gasteiger partial charge in [-0.2, -0.15) is 0 Å². The average molecular weight is 273 g/mol. The third-order valence-corrected chi connectivity index (χ3v) is 4.09. The summed E-state index contributed by atoms with van der Waals surface area (Å²) in [5.74, 6) is 0. The number of hydrogen-bond acceptors (Lipinski definition) is 4. The Bertz CT molecular complexity index is 242. The van der Waals surface area contributed by atoms with Crippen molar-refractivity contribution in [1.29, 1.82) is 0 Å². The molecule has 0 spiro atoms. The van der Waals surface area contributed by atoms with Crippen LogP contribution in [-0.4, -0.2) is 65.3 Å². The van der Waals surface area contributed by atoms with Crippen molar-refractivity contribution in [3.8, 4) is 0 Å². The highest BCUT2D eigenvalue weighted by Crippen LogP contribution is 2.08. The van der Waals surface area contributed by atoms with E-state index in [0.717, 1.165) is 39.0 Å². The molecule has 0 aromatic rings. The minimum Gasteiger partial charge on any atom is -0.396 e. The van der Waals surface area contributed by atoms with Gasteiger partial charge >= 0.3 is 0 Å². The van der Waals surface area contributed by atoms with E-state index >= 15 is 0 Å². The summed E-state index contributed by atoms with van der Waals surface area (Å²) in [4.78, 5) is 5.49. The molecule has 1 saturated heterocycles. The highest BCUT2D eigenvalue weighted by atomic mass is 32.1. The van der Waals surface area contributed by atoms with E-state index in [1.165, 1.54) is 19.4 Å². The number of nitrogens with zero attached hydrogens (tertiary/aromatic N) is 2. The van der Waals surface area contributed by atoms with Gasteiger partial charge in [-0.3, -0.25) is 4.90 Å². The van der Waals surface area contributed by atoms with Crippen molar-refractivity contribution in [3.63, 3.8) is 0 Å². The van der Waals surface area contributed by atoms with Crippen LogP contribution >= 0.6 is 12.2 Å². The summed E-state index contributed by atoms with van der Waals surface area (Å²) in [6.45, 7) is 7.97. The predicted molar refractivity (Wildman–Crippen MR) is 79.8 cm³/mol. The normalized spacial score (nSPS) is 19.9. The standard InChI is InChI=1S/C13H27N3OS/c1-12(13(14)18)16-9-7-15(8-10-16)6-4-2-3-5-11-17/h12,17H,2-11H2,1H3,(H2,14,18). The molecular weight excluding hydrogens is 246 g/mol. The molecular formula is C13H27N3OS. The first-order chi connectivity index (χ1) is 8.65. The molecule has 5 heteroatoms. The molecule has 1 unspecified atom stereocenters. The number of piperazine rings is 1. The van der Waals surface area contributed by atoms with Crippen LogP contribution in [0.4, 0.5) is 0 Å². The minimum absolute atomic E-state index is 0.228. The van der Waals surface area contributed by atoms with Crippen LogP contribution in [-0.2, 0) is 0 Å². The van der Waals surface area contributed by atoms with Crippen LogP contribution < -0.4 is 5.73 Å². The lowest BCUT2D eigenvalue weighted by atomic mass is 10.1. The van der Waals surface area contributed by atoms with Crippen molar-refractivity contribution in [3.05, 3.63) is 0 Å². The SMILES string of the molecule is CC(C(N)=S)N1CCN(CCCCCCO)CC1. The molecule has 3 N–H and O–H groups in total. The van der Waals surface area contributed by atoms with Gasteiger partial charge in [0.2, 0.25) is 0 Å². The van der Waals surface area contributed by atoms with E-state index < -0.39 is 0 Å². The highest BCUT2D eigenvalue weighted by Gasteiger charge is 2.21. The maximum Gasteiger partial charge on any atom is 0.0899 e. The number of aliphatic hydroxyl groups is 1. The second kappa shape index (κ2) is 8.80. The molecule has 18 heavy (non-hydrogen) atoms. The molecule has 1 aliphatic heterocycles. The third-order valence-electron chi connectivity index (χ3n) is 3.75. The molecule has 1 fully saturated rings. The fourth-order valence-electron chi connectivity index (χ4n) is 2.35. The number of nitrogens with two attached hydrogens (primary N) is 1. The highest BCUT2D eigenvalue weighted by molar-refractivity contribution is 7.80. The number of rotatable bonds is 8. The summed E-state index contributed by atoms with van der Waals surface area (Å²) in [6.07, 6.45) is 4.56. The van der Waals surface area contributed by atoms with Crippen molar-refractivity contribution in [2.45, 2.75) is 38.6 Å². The number of aliphatic hydroxyl groups excluding tert-OH is 1. The largest absolute Gasteiger partial charge is 0.396 e. The Morgan fingerprint density at radius 1 is 1.17 bits per heavy atom. The lowest BCUT2D eigenvalue weighted by Crippen LogP contribution is -2.52. The summed E-state index contributed by atoms with van der Waals surface area (Å²) >= 11 is 5.04. The van der Waals surface area contributed by atoms with Gasteiger partial charge in [0, 0.05) is 32.8 Å². The van der Waals surface area contributed by atoms with Gasteiger partial charge in [0.15, 0.2) is 0 Å². The summed E-state index contributed by atoms with van der Waals surface area (Å²) in [5.41, 5.74) is 5.68. The quantitative estimate of drug-likeness (QED) is 0.507. The van der Waals surface area contributed by atoms with Crippen LogP contribution in [0.15, 0.2) is 0 Å². The second-order valence-corrected chi connectivity index (χ2v) is 5.57. The maximum absolute atomic E-state index is 8.70. The monoisotopic (exact) mass is 273 g/mol. The third kappa shape index (κ3) is 5.61. The van der Waals surface area contributed by atoms with Gasteiger partial charge in [-0.25, -0.2) is 0 Å². The van der Waals surface area contributed by atoms with Crippen LogP contribution in [0.25, 0.3) is 0 Å². The van der Waals surface area contributed by atoms with Crippen LogP contribution in [0.5, 0.6) is 0 Å². The molecule has 0 aliphatic carbocycles. The Morgan fingerprint density at radius 2 is 1.78 bits per heavy atom. The van der Waals surface area contributed by atoms with Crippen LogP contribution in [0.1, 0.15) is 32.6 Å². The molecule has 0 bridgehead atoms. The second-order valence-electron chi connectivity index (χ2n) is 5.09. The lowest BCUT2D eigenvalue weighted by Gasteiger charge is -2.37. The van der Waals surface area contributed by atoms with Gasteiger partial charge in [-0.05, 0) is 26.3 Å². The van der Waals surface area contributed by atoms with Gasteiger partial charge in [-0.15, -0.1) is 0 Å². The van der Waals surface area contributed by atoms with Gasteiger partial charge in [0.25, 0.3) is 0 Å². The Kier molecular flexibility index (Phi) is 7.74. The Balaban J connectivity index is 2.10. The topological polar surface area (TPSA) is 52.7 Å². The molecule has 0 aromatic carbocycles. The number of unbranched alkanes of at least 4 members (excludes halogenated alkanes) is 3. The lowest BCUT2D eigenvalue weighted by molar-refractivity contribution is 0.121. The first kappa shape index (κ1) is 15.8. The summed E-state index contributed by atoms with van der Waals surface area (Å²) in [7, 11) is 0. The van der Waals surface area contributed by atoms with Crippen molar-refractivity contribution < 1.29 is 5.11 Å². The van der Waals surface area contributed by atoms with Gasteiger partial charge in [0.1, 0.15) is 0 Å². The van der Waals surface area contributed by atoms with Crippen LogP contribution in [0.2, 0.25) is 0 Å². The van der Waals surface area contributed by atoms with E-state index in [2.05, 4.69) is 16.7 Å². The molecule has 106 valence electrons. The molecule has 4 nitrogen and oxygen atoms in total. The molecule has 0 saturated carbocycles. The van der Waals surface area contributed by atoms with E-state index in [1.807, 2.05) is 0 Å². The van der Waals surface area contributed by atoms with E-state index in [-0.39, 0.29) is 6.04 Å². The smallest absolute Gasteiger partial charge is 0.0899 e. The van der Waals surface area contributed by atoms with E-state index in [9.17, 15) is 0 Å². The first-order valence-corrected chi connectivity index (χ1v) is 7.42. The van der Waals surface area contributed by atoms with Crippen molar-refractivity contribution in [2.75, 3.05) is 39.3 Å². The molecule has 1 heterocycles. The molecule has 1 rings (SSSR count). The van der Waals surface area contributed by atoms with E-state index in [4.69, 9.17) is 23.1 Å². The maximum atomic E-state index is 8.70. The summed E-state index contributed by atoms with van der Waals surface area (Å²) < 4.78 is 0. The van der Waals surface area contributed by atoms with Crippen molar-refractivity contribution in [2.24, 2.45) is 5.73 Å². The number of hydrogen-bond donors (Lipinski definition) is 2. The van der Waals surface area contributed by atoms with Crippen molar-refractivity contribution >= 4 is 17.2 Å². The van der Waals surface area contributed by atoms with Gasteiger partial charge in [-0.1, -0.05) is 25.1 Å². The van der Waals surface area contributed by atoms with Gasteiger partial charge < -0.3 is 15.7 Å². The van der Waals surface area contributed by atoms with Crippen LogP contribution in [0, 0.1) is 0 Å². The summed E-state index contributed by atoms with van der Waals surface area (Å²) in [5, 5.41) is 8.70. The average Bonchev–Trinajstić information content (AvgIpc) is 2.38. The zero-order valence-electron chi connectivity index (χ0n) is 11.5. The Morgan fingerprint density at radius 3 is 2.33 bits per heavy atom. The Hall–Kier alpha value is -0.230. The molecule has 0 aromatic heterocycles. The predicted octanol–water partition coefficient (Wildman–Crippen LogP) is 0.831. The molecule has 0 amide bonds. The van der Waals surface area contributed by atoms with Crippen LogP contribution in [0.3, 0.4) is 0 Å². The van der Waals surface area contributed by atoms with Crippen molar-refractivity contribution in [1.82, 2.24) is 9.80 Å². The minimum atomic E-state index is 0.228. The zero-order valence-corrected chi connectivity index (χ0v) is 12.3. The van der Waals surface area contributed by atoms with Gasteiger partial charge in [0.05, 0.1) is 11.0 Å². The molecule has 1 aliphatic rings. The first-order valence-electron chi connectivity index (χ1n) is 7.01. The molecule has 0 radical (unpaired) electrons. The fourth-order valence-corrected chi connectivity index (χ4v) is 2.50.